The van der Waals surface area contributed by atoms with E-state index in [2.05, 4.69) is 38.7 Å². The Kier molecular flexibility index (Phi) is 4.99. The molecule has 0 aromatic heterocycles. The number of halogens is 1. The van der Waals surface area contributed by atoms with E-state index in [1.165, 1.54) is 5.57 Å². The molecule has 1 aromatic rings. The number of hydrogen-bond acceptors (Lipinski definition) is 3. The van der Waals surface area contributed by atoms with E-state index in [0.717, 1.165) is 28.7 Å². The number of carbonyl (C=O) groups is 1. The molecule has 102 valence electrons. The second-order valence-electron chi connectivity index (χ2n) is 4.24. The number of ether oxygens (including phenoxy) is 1. The van der Waals surface area contributed by atoms with Gasteiger partial charge in [-0.3, -0.25) is 5.32 Å². The van der Waals surface area contributed by atoms with Gasteiger partial charge < -0.3 is 10.1 Å². The third-order valence-corrected chi connectivity index (χ3v) is 3.47. The van der Waals surface area contributed by atoms with E-state index in [-0.39, 0.29) is 0 Å². The average molecular weight is 325 g/mol. The lowest BCUT2D eigenvalue weighted by Gasteiger charge is -2.22. The molecule has 0 atom stereocenters. The van der Waals surface area contributed by atoms with E-state index in [9.17, 15) is 4.79 Å². The molecule has 2 N–H and O–H groups in total. The number of benzene rings is 1. The van der Waals surface area contributed by atoms with Crippen LogP contribution >= 0.6 is 15.9 Å². The Bertz CT molecular complexity index is 483. The summed E-state index contributed by atoms with van der Waals surface area (Å²) in [5, 5.41) is 6.08. The van der Waals surface area contributed by atoms with E-state index in [0.29, 0.717) is 13.2 Å². The van der Waals surface area contributed by atoms with Crippen molar-refractivity contribution in [3.63, 3.8) is 0 Å². The minimum Gasteiger partial charge on any atom is -0.450 e. The van der Waals surface area contributed by atoms with Crippen molar-refractivity contribution in [1.29, 1.82) is 0 Å². The Labute approximate surface area is 121 Å². The maximum absolute atomic E-state index is 11.5. The molecule has 1 heterocycles. The molecule has 4 nitrogen and oxygen atoms in total. The summed E-state index contributed by atoms with van der Waals surface area (Å²) in [4.78, 5) is 11.5. The molecule has 0 saturated heterocycles. The van der Waals surface area contributed by atoms with E-state index in [1.54, 1.807) is 6.92 Å². The van der Waals surface area contributed by atoms with E-state index >= 15 is 0 Å². The molecule has 0 unspecified atom stereocenters. The second-order valence-corrected chi connectivity index (χ2v) is 5.15. The highest BCUT2D eigenvalue weighted by Crippen LogP contribution is 2.24. The van der Waals surface area contributed by atoms with Crippen LogP contribution in [0.4, 0.5) is 4.79 Å². The van der Waals surface area contributed by atoms with Crippen molar-refractivity contribution in [2.24, 2.45) is 0 Å². The maximum Gasteiger partial charge on any atom is 0.411 e. The van der Waals surface area contributed by atoms with Crippen LogP contribution in [0.25, 0.3) is 5.57 Å². The number of nitrogens with one attached hydrogen (secondary N) is 2. The summed E-state index contributed by atoms with van der Waals surface area (Å²) in [5.41, 5.74) is 3.20. The number of alkyl carbamates (subject to hydrolysis) is 1. The lowest BCUT2D eigenvalue weighted by Crippen LogP contribution is -2.35. The fourth-order valence-corrected chi connectivity index (χ4v) is 2.33. The summed E-state index contributed by atoms with van der Waals surface area (Å²) in [5.74, 6) is 0. The van der Waals surface area contributed by atoms with Gasteiger partial charge in [-0.25, -0.2) is 4.79 Å². The highest BCUT2D eigenvalue weighted by molar-refractivity contribution is 9.10. The molecule has 0 fully saturated rings. The number of amides is 1. The van der Waals surface area contributed by atoms with Crippen LogP contribution in [0.3, 0.4) is 0 Å². The second kappa shape index (κ2) is 6.73. The van der Waals surface area contributed by atoms with Crippen molar-refractivity contribution in [1.82, 2.24) is 10.6 Å². The van der Waals surface area contributed by atoms with Crippen LogP contribution in [0.1, 0.15) is 18.9 Å². The van der Waals surface area contributed by atoms with Gasteiger partial charge in [-0.2, -0.15) is 0 Å². The normalized spacial score (nSPS) is 15.3. The quantitative estimate of drug-likeness (QED) is 0.898. The van der Waals surface area contributed by atoms with Gasteiger partial charge in [0.2, 0.25) is 0 Å². The summed E-state index contributed by atoms with van der Waals surface area (Å²) in [7, 11) is 0. The van der Waals surface area contributed by atoms with E-state index in [4.69, 9.17) is 4.74 Å². The first-order valence-electron chi connectivity index (χ1n) is 6.33. The highest BCUT2D eigenvalue weighted by Gasteiger charge is 2.16. The zero-order valence-corrected chi connectivity index (χ0v) is 12.4. The molecule has 1 aliphatic heterocycles. The molecule has 19 heavy (non-hydrogen) atoms. The monoisotopic (exact) mass is 324 g/mol. The minimum absolute atomic E-state index is 0.375. The van der Waals surface area contributed by atoms with Gasteiger partial charge in [-0.05, 0) is 43.2 Å². The average Bonchev–Trinajstić information content (AvgIpc) is 2.41. The standard InChI is InChI=1S/C14H17BrN2O2/c1-2-19-14(18)17-13-9-16-8-7-12(13)10-3-5-11(15)6-4-10/h3-6,16H,2,7-9H2,1H3,(H,17,18). The van der Waals surface area contributed by atoms with Crippen molar-refractivity contribution in [3.05, 3.63) is 40.0 Å². The van der Waals surface area contributed by atoms with Crippen LogP contribution in [0.5, 0.6) is 0 Å². The van der Waals surface area contributed by atoms with Gasteiger partial charge in [-0.1, -0.05) is 28.1 Å². The fraction of sp³-hybridized carbons (Fsp3) is 0.357. The summed E-state index contributed by atoms with van der Waals surface area (Å²) < 4.78 is 5.98. The van der Waals surface area contributed by atoms with Crippen molar-refractivity contribution in [2.45, 2.75) is 13.3 Å². The molecule has 2 rings (SSSR count). The minimum atomic E-state index is -0.393. The van der Waals surface area contributed by atoms with Gasteiger partial charge in [0.25, 0.3) is 0 Å². The summed E-state index contributed by atoms with van der Waals surface area (Å²) >= 11 is 3.43. The largest absolute Gasteiger partial charge is 0.450 e. The first-order valence-corrected chi connectivity index (χ1v) is 7.12. The topological polar surface area (TPSA) is 50.4 Å². The van der Waals surface area contributed by atoms with Gasteiger partial charge in [0, 0.05) is 16.7 Å². The number of rotatable bonds is 3. The fourth-order valence-electron chi connectivity index (χ4n) is 2.06. The van der Waals surface area contributed by atoms with Crippen LogP contribution in [-0.2, 0) is 4.74 Å². The molecule has 0 spiro atoms. The summed E-state index contributed by atoms with van der Waals surface area (Å²) in [6, 6.07) is 8.12. The zero-order chi connectivity index (χ0) is 13.7. The van der Waals surface area contributed by atoms with Gasteiger partial charge in [0.15, 0.2) is 0 Å². The Morgan fingerprint density at radius 1 is 1.42 bits per heavy atom. The Balaban J connectivity index is 2.23. The third kappa shape index (κ3) is 3.81. The molecular weight excluding hydrogens is 308 g/mol. The van der Waals surface area contributed by atoms with Gasteiger partial charge in [-0.15, -0.1) is 0 Å². The lowest BCUT2D eigenvalue weighted by atomic mass is 9.98. The Morgan fingerprint density at radius 3 is 2.84 bits per heavy atom. The van der Waals surface area contributed by atoms with Crippen molar-refractivity contribution in [3.8, 4) is 0 Å². The smallest absolute Gasteiger partial charge is 0.411 e. The molecule has 1 aliphatic rings. The summed E-state index contributed by atoms with van der Waals surface area (Å²) in [6.45, 7) is 3.74. The zero-order valence-electron chi connectivity index (χ0n) is 10.8. The van der Waals surface area contributed by atoms with Crippen molar-refractivity contribution in [2.75, 3.05) is 19.7 Å². The molecule has 0 bridgehead atoms. The highest BCUT2D eigenvalue weighted by atomic mass is 79.9. The maximum atomic E-state index is 11.5. The van der Waals surface area contributed by atoms with Gasteiger partial charge in [0.1, 0.15) is 0 Å². The van der Waals surface area contributed by atoms with Crippen LogP contribution in [0.15, 0.2) is 34.4 Å². The molecule has 0 saturated carbocycles. The molecule has 5 heteroatoms. The van der Waals surface area contributed by atoms with Gasteiger partial charge >= 0.3 is 6.09 Å². The predicted molar refractivity (Wildman–Crippen MR) is 78.7 cm³/mol. The SMILES string of the molecule is CCOC(=O)NC1=C(c2ccc(Br)cc2)CCNC1. The van der Waals surface area contributed by atoms with Crippen molar-refractivity contribution >= 4 is 27.6 Å². The van der Waals surface area contributed by atoms with Gasteiger partial charge in [0.05, 0.1) is 6.61 Å². The molecule has 1 amide bonds. The van der Waals surface area contributed by atoms with E-state index < -0.39 is 6.09 Å². The first-order chi connectivity index (χ1) is 9.20. The van der Waals surface area contributed by atoms with Crippen LogP contribution in [-0.4, -0.2) is 25.8 Å². The molecule has 0 aliphatic carbocycles. The summed E-state index contributed by atoms with van der Waals surface area (Å²) in [6.07, 6.45) is 0.499. The predicted octanol–water partition coefficient (Wildman–Crippen LogP) is 2.90. The van der Waals surface area contributed by atoms with Crippen LogP contribution < -0.4 is 10.6 Å². The molecule has 0 radical (unpaired) electrons. The Hall–Kier alpha value is -1.33. The Morgan fingerprint density at radius 2 is 2.16 bits per heavy atom. The van der Waals surface area contributed by atoms with E-state index in [1.807, 2.05) is 12.1 Å². The van der Waals surface area contributed by atoms with Crippen LogP contribution in [0, 0.1) is 0 Å². The number of carbonyl (C=O) groups excluding carboxylic acids is 1. The van der Waals surface area contributed by atoms with Crippen molar-refractivity contribution < 1.29 is 9.53 Å². The number of hydrogen-bond donors (Lipinski definition) is 2. The lowest BCUT2D eigenvalue weighted by molar-refractivity contribution is 0.155. The molecule has 1 aromatic carbocycles. The molecular formula is C14H17BrN2O2. The van der Waals surface area contributed by atoms with Crippen LogP contribution in [0.2, 0.25) is 0 Å². The third-order valence-electron chi connectivity index (χ3n) is 2.94. The first kappa shape index (κ1) is 14.1.